The van der Waals surface area contributed by atoms with E-state index in [1.807, 2.05) is 18.2 Å². The Morgan fingerprint density at radius 1 is 1.08 bits per heavy atom. The summed E-state index contributed by atoms with van der Waals surface area (Å²) in [6.45, 7) is 2.08. The number of ether oxygens (including phenoxy) is 1. The number of methoxy groups -OCH3 is 1. The van der Waals surface area contributed by atoms with E-state index in [1.54, 1.807) is 30.6 Å². The summed E-state index contributed by atoms with van der Waals surface area (Å²) in [5.41, 5.74) is 2.71. The molecule has 1 atom stereocenters. The summed E-state index contributed by atoms with van der Waals surface area (Å²) < 4.78 is 5.15. The van der Waals surface area contributed by atoms with E-state index in [4.69, 9.17) is 4.74 Å². The molecule has 0 aliphatic carbocycles. The Kier molecular flexibility index (Phi) is 4.61. The van der Waals surface area contributed by atoms with Gasteiger partial charge in [0, 0.05) is 11.6 Å². The van der Waals surface area contributed by atoms with Crippen LogP contribution < -0.4 is 10.1 Å². The van der Waals surface area contributed by atoms with Crippen molar-refractivity contribution in [2.45, 2.75) is 13.0 Å². The predicted molar refractivity (Wildman–Crippen MR) is 94.2 cm³/mol. The maximum Gasteiger partial charge on any atom is 0.161 e. The molecule has 2 aromatic carbocycles. The van der Waals surface area contributed by atoms with Crippen LogP contribution in [0.15, 0.2) is 60.9 Å². The van der Waals surface area contributed by atoms with Crippen molar-refractivity contribution in [2.75, 3.05) is 12.4 Å². The fourth-order valence-electron chi connectivity index (χ4n) is 2.46. The minimum Gasteiger partial charge on any atom is -0.504 e. The van der Waals surface area contributed by atoms with Gasteiger partial charge >= 0.3 is 0 Å². The zero-order valence-corrected chi connectivity index (χ0v) is 13.6. The first-order chi connectivity index (χ1) is 11.7. The zero-order valence-electron chi connectivity index (χ0n) is 13.6. The van der Waals surface area contributed by atoms with Crippen molar-refractivity contribution < 1.29 is 9.84 Å². The molecular formula is C19H19N3O2. The van der Waals surface area contributed by atoms with E-state index in [0.717, 1.165) is 5.56 Å². The van der Waals surface area contributed by atoms with Crippen LogP contribution in [0.3, 0.4) is 0 Å². The second kappa shape index (κ2) is 7.00. The number of aromatic hydroxyl groups is 1. The number of nitrogens with one attached hydrogen (secondary N) is 1. The first-order valence-corrected chi connectivity index (χ1v) is 7.68. The zero-order chi connectivity index (χ0) is 16.9. The molecular weight excluding hydrogens is 302 g/mol. The maximum atomic E-state index is 9.71. The summed E-state index contributed by atoms with van der Waals surface area (Å²) in [4.78, 5) is 8.86. The molecule has 0 saturated heterocycles. The molecule has 0 saturated carbocycles. The molecule has 0 spiro atoms. The number of hydrogen-bond acceptors (Lipinski definition) is 5. The normalized spacial score (nSPS) is 11.8. The van der Waals surface area contributed by atoms with Gasteiger partial charge in [0.15, 0.2) is 11.5 Å². The van der Waals surface area contributed by atoms with Gasteiger partial charge in [0.05, 0.1) is 25.2 Å². The second-order valence-corrected chi connectivity index (χ2v) is 5.45. The molecule has 0 unspecified atom stereocenters. The Labute approximate surface area is 141 Å². The minimum atomic E-state index is 0.0983. The Balaban J connectivity index is 1.84. The van der Waals surface area contributed by atoms with Gasteiger partial charge in [0.1, 0.15) is 5.82 Å². The lowest BCUT2D eigenvalue weighted by molar-refractivity contribution is 0.373. The van der Waals surface area contributed by atoms with Crippen LogP contribution in [0.1, 0.15) is 18.5 Å². The monoisotopic (exact) mass is 321 g/mol. The van der Waals surface area contributed by atoms with Crippen LogP contribution in [0.4, 0.5) is 5.82 Å². The molecule has 1 aromatic heterocycles. The second-order valence-electron chi connectivity index (χ2n) is 5.45. The molecule has 5 heteroatoms. The van der Waals surface area contributed by atoms with Crippen molar-refractivity contribution in [1.29, 1.82) is 0 Å². The van der Waals surface area contributed by atoms with Crippen LogP contribution in [-0.4, -0.2) is 22.2 Å². The fraction of sp³-hybridized carbons (Fsp3) is 0.158. The van der Waals surface area contributed by atoms with E-state index in [1.165, 1.54) is 12.7 Å². The summed E-state index contributed by atoms with van der Waals surface area (Å²) in [6.07, 6.45) is 3.38. The van der Waals surface area contributed by atoms with Gasteiger partial charge in [-0.1, -0.05) is 30.3 Å². The largest absolute Gasteiger partial charge is 0.504 e. The lowest BCUT2D eigenvalue weighted by Gasteiger charge is -2.15. The third-order valence-corrected chi connectivity index (χ3v) is 3.77. The van der Waals surface area contributed by atoms with Gasteiger partial charge in [-0.25, -0.2) is 4.98 Å². The highest BCUT2D eigenvalue weighted by Gasteiger charge is 2.09. The molecule has 0 aliphatic rings. The number of phenols is 1. The lowest BCUT2D eigenvalue weighted by atomic mass is 10.1. The highest BCUT2D eigenvalue weighted by Crippen LogP contribution is 2.31. The van der Waals surface area contributed by atoms with Crippen molar-refractivity contribution >= 4 is 5.82 Å². The Morgan fingerprint density at radius 2 is 1.88 bits per heavy atom. The van der Waals surface area contributed by atoms with Crippen LogP contribution >= 0.6 is 0 Å². The summed E-state index contributed by atoms with van der Waals surface area (Å²) >= 11 is 0. The Hall–Kier alpha value is -3.08. The van der Waals surface area contributed by atoms with Crippen LogP contribution in [0, 0.1) is 0 Å². The first kappa shape index (κ1) is 15.8. The average molecular weight is 321 g/mol. The standard InChI is InChI=1S/C19H19N3O2/c1-13(14-6-4-3-5-7-14)21-19-12-20-11-16(22-19)15-8-9-17(23)18(10-15)24-2/h3-13,23H,1-2H3,(H,21,22)/t13-/m0/s1. The smallest absolute Gasteiger partial charge is 0.161 e. The van der Waals surface area contributed by atoms with E-state index >= 15 is 0 Å². The van der Waals surface area contributed by atoms with Gasteiger partial charge in [-0.15, -0.1) is 0 Å². The van der Waals surface area contributed by atoms with Crippen molar-refractivity contribution in [3.8, 4) is 22.8 Å². The Bertz CT molecular complexity index is 822. The molecule has 5 nitrogen and oxygen atoms in total. The molecule has 3 aromatic rings. The van der Waals surface area contributed by atoms with E-state index in [-0.39, 0.29) is 11.8 Å². The molecule has 0 radical (unpaired) electrons. The molecule has 0 amide bonds. The molecule has 24 heavy (non-hydrogen) atoms. The highest BCUT2D eigenvalue weighted by atomic mass is 16.5. The molecule has 122 valence electrons. The van der Waals surface area contributed by atoms with Gasteiger partial charge in [-0.2, -0.15) is 0 Å². The number of aromatic nitrogens is 2. The third-order valence-electron chi connectivity index (χ3n) is 3.77. The van der Waals surface area contributed by atoms with Crippen molar-refractivity contribution in [2.24, 2.45) is 0 Å². The fourth-order valence-corrected chi connectivity index (χ4v) is 2.46. The molecule has 0 fully saturated rings. The van der Waals surface area contributed by atoms with E-state index < -0.39 is 0 Å². The van der Waals surface area contributed by atoms with Crippen molar-refractivity contribution in [3.05, 3.63) is 66.5 Å². The number of phenolic OH excluding ortho intramolecular Hbond substituents is 1. The van der Waals surface area contributed by atoms with Crippen molar-refractivity contribution in [1.82, 2.24) is 9.97 Å². The van der Waals surface area contributed by atoms with Gasteiger partial charge in [0.25, 0.3) is 0 Å². The minimum absolute atomic E-state index is 0.0983. The number of hydrogen-bond donors (Lipinski definition) is 2. The maximum absolute atomic E-state index is 9.71. The van der Waals surface area contributed by atoms with Gasteiger partial charge in [-0.3, -0.25) is 4.98 Å². The van der Waals surface area contributed by atoms with Gasteiger partial charge in [-0.05, 0) is 30.7 Å². The summed E-state index contributed by atoms with van der Waals surface area (Å²) in [5, 5.41) is 13.1. The van der Waals surface area contributed by atoms with Gasteiger partial charge < -0.3 is 15.2 Å². The lowest BCUT2D eigenvalue weighted by Crippen LogP contribution is -2.08. The average Bonchev–Trinajstić information content (AvgIpc) is 2.63. The highest BCUT2D eigenvalue weighted by molar-refractivity contribution is 5.64. The number of rotatable bonds is 5. The predicted octanol–water partition coefficient (Wildman–Crippen LogP) is 4.03. The number of anilines is 1. The molecule has 2 N–H and O–H groups in total. The van der Waals surface area contributed by atoms with E-state index in [2.05, 4.69) is 34.3 Å². The van der Waals surface area contributed by atoms with Crippen molar-refractivity contribution in [3.63, 3.8) is 0 Å². The van der Waals surface area contributed by atoms with Crippen LogP contribution in [0.5, 0.6) is 11.5 Å². The molecule has 3 rings (SSSR count). The van der Waals surface area contributed by atoms with E-state index in [9.17, 15) is 5.11 Å². The van der Waals surface area contributed by atoms with Crippen LogP contribution in [0.25, 0.3) is 11.3 Å². The third kappa shape index (κ3) is 3.46. The molecule has 0 bridgehead atoms. The molecule has 1 heterocycles. The SMILES string of the molecule is COc1cc(-c2cncc(N[C@@H](C)c3ccccc3)n2)ccc1O. The van der Waals surface area contributed by atoms with Gasteiger partial charge in [0.2, 0.25) is 0 Å². The first-order valence-electron chi connectivity index (χ1n) is 7.68. The Morgan fingerprint density at radius 3 is 2.62 bits per heavy atom. The van der Waals surface area contributed by atoms with Crippen LogP contribution in [-0.2, 0) is 0 Å². The topological polar surface area (TPSA) is 67.3 Å². The summed E-state index contributed by atoms with van der Waals surface area (Å²) in [6, 6.07) is 15.4. The summed E-state index contributed by atoms with van der Waals surface area (Å²) in [5.74, 6) is 1.20. The quantitative estimate of drug-likeness (QED) is 0.742. The summed E-state index contributed by atoms with van der Waals surface area (Å²) in [7, 11) is 1.52. The van der Waals surface area contributed by atoms with Crippen LogP contribution in [0.2, 0.25) is 0 Å². The van der Waals surface area contributed by atoms with E-state index in [0.29, 0.717) is 17.3 Å². The number of benzene rings is 2. The molecule has 0 aliphatic heterocycles. The number of nitrogens with zero attached hydrogens (tertiary/aromatic N) is 2.